The van der Waals surface area contributed by atoms with Crippen LogP contribution in [0.15, 0.2) is 42.5 Å². The highest BCUT2D eigenvalue weighted by Gasteiger charge is 2.51. The van der Waals surface area contributed by atoms with Crippen LogP contribution >= 0.6 is 23.2 Å². The van der Waals surface area contributed by atoms with Gasteiger partial charge in [-0.25, -0.2) is 0 Å². The second-order valence-electron chi connectivity index (χ2n) is 8.35. The van der Waals surface area contributed by atoms with Crippen molar-refractivity contribution in [3.05, 3.63) is 74.8 Å². The molecule has 30 heavy (non-hydrogen) atoms. The number of halogens is 2. The molecule has 2 aromatic carbocycles. The lowest BCUT2D eigenvalue weighted by Crippen LogP contribution is -2.61. The Labute approximate surface area is 186 Å². The molecule has 2 aromatic rings. The second kappa shape index (κ2) is 7.84. The molecule has 0 atom stereocenters. The van der Waals surface area contributed by atoms with E-state index in [1.165, 1.54) is 0 Å². The average Bonchev–Trinajstić information content (AvgIpc) is 3.04. The van der Waals surface area contributed by atoms with Gasteiger partial charge in [0.2, 0.25) is 5.91 Å². The van der Waals surface area contributed by atoms with Crippen molar-refractivity contribution in [3.8, 4) is 0 Å². The summed E-state index contributed by atoms with van der Waals surface area (Å²) in [5.74, 6) is 0.0383. The maximum absolute atomic E-state index is 12.8. The maximum atomic E-state index is 12.8. The molecule has 2 aliphatic heterocycles. The summed E-state index contributed by atoms with van der Waals surface area (Å²) in [7, 11) is 0. The van der Waals surface area contributed by atoms with Crippen molar-refractivity contribution in [1.29, 1.82) is 0 Å². The summed E-state index contributed by atoms with van der Waals surface area (Å²) in [6.07, 6.45) is 1.60. The van der Waals surface area contributed by atoms with Crippen molar-refractivity contribution >= 4 is 40.5 Å². The zero-order valence-corrected chi connectivity index (χ0v) is 18.7. The van der Waals surface area contributed by atoms with Gasteiger partial charge in [0, 0.05) is 21.5 Å². The first kappa shape index (κ1) is 21.1. The highest BCUT2D eigenvalue weighted by molar-refractivity contribution is 6.34. The third-order valence-electron chi connectivity index (χ3n) is 5.75. The van der Waals surface area contributed by atoms with Crippen LogP contribution < -0.4 is 0 Å². The molecular formula is C24H23Cl2NO3. The minimum Gasteiger partial charge on any atom is -0.362 e. The van der Waals surface area contributed by atoms with Gasteiger partial charge in [-0.05, 0) is 59.5 Å². The molecule has 1 fully saturated rings. The number of hydrogen-bond acceptors (Lipinski definition) is 3. The van der Waals surface area contributed by atoms with Crippen LogP contribution in [-0.4, -0.2) is 29.7 Å². The summed E-state index contributed by atoms with van der Waals surface area (Å²) >= 11 is 12.1. The van der Waals surface area contributed by atoms with Gasteiger partial charge in [-0.2, -0.15) is 0 Å². The van der Waals surface area contributed by atoms with Gasteiger partial charge in [0.25, 0.3) is 0 Å². The number of carbonyl (C=O) groups is 2. The number of ether oxygens (including phenoxy) is 1. The monoisotopic (exact) mass is 443 g/mol. The Hall–Kier alpha value is -2.14. The molecule has 0 aliphatic carbocycles. The van der Waals surface area contributed by atoms with E-state index in [0.717, 1.165) is 22.3 Å². The van der Waals surface area contributed by atoms with Crippen molar-refractivity contribution in [2.75, 3.05) is 13.1 Å². The van der Waals surface area contributed by atoms with Gasteiger partial charge in [0.15, 0.2) is 5.78 Å². The molecule has 1 amide bonds. The summed E-state index contributed by atoms with van der Waals surface area (Å²) in [6.45, 7) is 7.26. The molecule has 4 rings (SSSR count). The van der Waals surface area contributed by atoms with E-state index in [1.807, 2.05) is 43.9 Å². The molecule has 6 heteroatoms. The Morgan fingerprint density at radius 3 is 2.37 bits per heavy atom. The zero-order chi connectivity index (χ0) is 21.6. The molecule has 0 N–H and O–H groups in total. The number of fused-ring (bicyclic) bond motifs is 2. The number of likely N-dealkylation sites (tertiary alicyclic amines) is 1. The lowest BCUT2D eigenvalue weighted by atomic mass is 9.84. The fraction of sp³-hybridized carbons (Fsp3) is 0.333. The number of carbonyl (C=O) groups excluding carboxylic acids is 2. The molecule has 1 spiro atoms. The molecule has 156 valence electrons. The van der Waals surface area contributed by atoms with Crippen LogP contribution in [0.5, 0.6) is 0 Å². The fourth-order valence-electron chi connectivity index (χ4n) is 4.10. The Bertz CT molecular complexity index is 1050. The smallest absolute Gasteiger partial charge is 0.225 e. The number of amides is 1. The van der Waals surface area contributed by atoms with Gasteiger partial charge in [-0.3, -0.25) is 9.59 Å². The summed E-state index contributed by atoms with van der Waals surface area (Å²) in [6, 6.07) is 10.9. The lowest BCUT2D eigenvalue weighted by Gasteiger charge is -2.48. The van der Waals surface area contributed by atoms with Crippen LogP contribution in [-0.2, 0) is 21.7 Å². The van der Waals surface area contributed by atoms with Crippen LogP contribution in [0.2, 0.25) is 10.0 Å². The Morgan fingerprint density at radius 2 is 1.73 bits per heavy atom. The normalized spacial score (nSPS) is 17.3. The van der Waals surface area contributed by atoms with E-state index >= 15 is 0 Å². The van der Waals surface area contributed by atoms with E-state index in [9.17, 15) is 9.59 Å². The highest BCUT2D eigenvalue weighted by atomic mass is 35.5. The van der Waals surface area contributed by atoms with Crippen molar-refractivity contribution in [1.82, 2.24) is 4.90 Å². The van der Waals surface area contributed by atoms with E-state index in [0.29, 0.717) is 35.3 Å². The molecule has 4 nitrogen and oxygen atoms in total. The van der Waals surface area contributed by atoms with Crippen molar-refractivity contribution in [3.63, 3.8) is 0 Å². The van der Waals surface area contributed by atoms with Gasteiger partial charge >= 0.3 is 0 Å². The van der Waals surface area contributed by atoms with Gasteiger partial charge in [-0.15, -0.1) is 0 Å². The quantitative estimate of drug-likeness (QED) is 0.462. The first-order valence-corrected chi connectivity index (χ1v) is 10.7. The van der Waals surface area contributed by atoms with Crippen LogP contribution in [0, 0.1) is 5.92 Å². The number of rotatable bonds is 4. The third kappa shape index (κ3) is 3.80. The van der Waals surface area contributed by atoms with Crippen LogP contribution in [0.25, 0.3) is 5.57 Å². The minimum atomic E-state index is -0.426. The largest absolute Gasteiger partial charge is 0.362 e. The molecule has 1 saturated heterocycles. The zero-order valence-electron chi connectivity index (χ0n) is 17.2. The number of nitrogens with zero attached hydrogens (tertiary/aromatic N) is 1. The maximum Gasteiger partial charge on any atom is 0.225 e. The van der Waals surface area contributed by atoms with Gasteiger partial charge in [0.1, 0.15) is 5.60 Å². The number of ketones is 1. The van der Waals surface area contributed by atoms with Gasteiger partial charge in [-0.1, -0.05) is 49.2 Å². The molecular weight excluding hydrogens is 421 g/mol. The molecule has 2 aliphatic rings. The van der Waals surface area contributed by atoms with Crippen molar-refractivity contribution < 1.29 is 14.3 Å². The molecule has 0 unspecified atom stereocenters. The molecule has 0 aromatic heterocycles. The second-order valence-corrected chi connectivity index (χ2v) is 9.23. The first-order chi connectivity index (χ1) is 14.2. The summed E-state index contributed by atoms with van der Waals surface area (Å²) in [5.41, 5.74) is 3.87. The number of allylic oxidation sites excluding steroid dienone is 2. The standard InChI is InChI=1S/C24H23Cl2NO3/c1-14(2)23(29)27-12-24(13-27)21-5-4-16(7-18(21)11-30-24)22(28)6-15(3)17-8-19(25)10-20(26)9-17/h4-10,14H,11-13H2,1-3H3/b15-6-. The third-order valence-corrected chi connectivity index (χ3v) is 6.18. The van der Waals surface area contributed by atoms with Gasteiger partial charge in [0.05, 0.1) is 19.7 Å². The van der Waals surface area contributed by atoms with Crippen molar-refractivity contribution in [2.24, 2.45) is 5.92 Å². The van der Waals surface area contributed by atoms with E-state index < -0.39 is 5.60 Å². The van der Waals surface area contributed by atoms with Crippen LogP contribution in [0.3, 0.4) is 0 Å². The lowest BCUT2D eigenvalue weighted by molar-refractivity contribution is -0.171. The van der Waals surface area contributed by atoms with Crippen LogP contribution in [0.4, 0.5) is 0 Å². The number of benzene rings is 2. The Balaban J connectivity index is 1.53. The predicted molar refractivity (Wildman–Crippen MR) is 119 cm³/mol. The molecule has 0 bridgehead atoms. The fourth-order valence-corrected chi connectivity index (χ4v) is 4.63. The molecule has 2 heterocycles. The first-order valence-electron chi connectivity index (χ1n) is 9.94. The van der Waals surface area contributed by atoms with Crippen LogP contribution in [0.1, 0.15) is 47.8 Å². The summed E-state index contributed by atoms with van der Waals surface area (Å²) in [4.78, 5) is 26.8. The summed E-state index contributed by atoms with van der Waals surface area (Å²) in [5, 5.41) is 1.06. The highest BCUT2D eigenvalue weighted by Crippen LogP contribution is 2.44. The van der Waals surface area contributed by atoms with E-state index in [1.54, 1.807) is 24.3 Å². The van der Waals surface area contributed by atoms with Gasteiger partial charge < -0.3 is 9.64 Å². The molecule has 0 radical (unpaired) electrons. The van der Waals surface area contributed by atoms with E-state index in [4.69, 9.17) is 27.9 Å². The minimum absolute atomic E-state index is 0.0207. The van der Waals surface area contributed by atoms with Crippen molar-refractivity contribution in [2.45, 2.75) is 33.0 Å². The SMILES string of the molecule is C/C(=C/C(=O)c1ccc2c(c1)COC21CN(C(=O)C(C)C)C1)c1cc(Cl)cc(Cl)c1. The topological polar surface area (TPSA) is 46.6 Å². The average molecular weight is 444 g/mol. The summed E-state index contributed by atoms with van der Waals surface area (Å²) < 4.78 is 6.07. The van der Waals surface area contributed by atoms with E-state index in [2.05, 4.69) is 0 Å². The van der Waals surface area contributed by atoms with E-state index in [-0.39, 0.29) is 17.6 Å². The number of hydrogen-bond donors (Lipinski definition) is 0. The predicted octanol–water partition coefficient (Wildman–Crippen LogP) is 5.50. The Morgan fingerprint density at radius 1 is 1.07 bits per heavy atom. The molecule has 0 saturated carbocycles. The Kier molecular flexibility index (Phi) is 5.52.